The van der Waals surface area contributed by atoms with Gasteiger partial charge in [-0.2, -0.15) is 0 Å². The Bertz CT molecular complexity index is 678. The highest BCUT2D eigenvalue weighted by Gasteiger charge is 2.22. The second-order valence-corrected chi connectivity index (χ2v) is 5.88. The summed E-state index contributed by atoms with van der Waals surface area (Å²) in [5.41, 5.74) is 1.65. The molecule has 1 amide bonds. The maximum atomic E-state index is 13.4. The summed E-state index contributed by atoms with van der Waals surface area (Å²) in [7, 11) is 0. The third-order valence-electron chi connectivity index (χ3n) is 4.08. The number of hydrogen-bond donors (Lipinski definition) is 1. The summed E-state index contributed by atoms with van der Waals surface area (Å²) in [5, 5.41) is 2.89. The average Bonchev–Trinajstić information content (AvgIpc) is 2.61. The SMILES string of the molecule is O=C(CCN1CCOC(c2cccc(F)c2)C1)Nc1ccccc1. The van der Waals surface area contributed by atoms with Crippen LogP contribution in [-0.2, 0) is 9.53 Å². The normalized spacial score (nSPS) is 18.3. The first-order valence-electron chi connectivity index (χ1n) is 8.15. The molecule has 126 valence electrons. The van der Waals surface area contributed by atoms with Crippen LogP contribution in [0.2, 0.25) is 0 Å². The predicted molar refractivity (Wildman–Crippen MR) is 91.2 cm³/mol. The minimum atomic E-state index is -0.254. The quantitative estimate of drug-likeness (QED) is 0.916. The molecule has 1 heterocycles. The molecule has 2 aromatic carbocycles. The highest BCUT2D eigenvalue weighted by Crippen LogP contribution is 2.22. The van der Waals surface area contributed by atoms with E-state index < -0.39 is 0 Å². The maximum Gasteiger partial charge on any atom is 0.225 e. The standard InChI is InChI=1S/C19H21FN2O2/c20-16-6-4-5-15(13-16)18-14-22(11-12-24-18)10-9-19(23)21-17-7-2-1-3-8-17/h1-8,13,18H,9-12,14H2,(H,21,23). The average molecular weight is 328 g/mol. The van der Waals surface area contributed by atoms with Crippen LogP contribution in [0.4, 0.5) is 10.1 Å². The van der Waals surface area contributed by atoms with E-state index in [9.17, 15) is 9.18 Å². The second-order valence-electron chi connectivity index (χ2n) is 5.88. The van der Waals surface area contributed by atoms with Crippen molar-refractivity contribution in [1.82, 2.24) is 4.90 Å². The molecule has 1 N–H and O–H groups in total. The Kier molecular flexibility index (Phi) is 5.56. The number of nitrogens with one attached hydrogen (secondary N) is 1. The van der Waals surface area contributed by atoms with Gasteiger partial charge in [-0.3, -0.25) is 9.69 Å². The molecule has 0 bridgehead atoms. The van der Waals surface area contributed by atoms with Crippen molar-refractivity contribution in [3.8, 4) is 0 Å². The number of hydrogen-bond acceptors (Lipinski definition) is 3. The van der Waals surface area contributed by atoms with Crippen LogP contribution in [0, 0.1) is 5.82 Å². The van der Waals surface area contributed by atoms with Gasteiger partial charge < -0.3 is 10.1 Å². The van der Waals surface area contributed by atoms with E-state index in [1.54, 1.807) is 6.07 Å². The van der Waals surface area contributed by atoms with Crippen molar-refractivity contribution in [2.75, 3.05) is 31.6 Å². The van der Waals surface area contributed by atoms with Crippen molar-refractivity contribution >= 4 is 11.6 Å². The fourth-order valence-electron chi connectivity index (χ4n) is 2.82. The van der Waals surface area contributed by atoms with Gasteiger partial charge in [0.05, 0.1) is 12.7 Å². The molecule has 1 aliphatic heterocycles. The second kappa shape index (κ2) is 8.04. The van der Waals surface area contributed by atoms with Crippen LogP contribution in [0.25, 0.3) is 0 Å². The van der Waals surface area contributed by atoms with Crippen LogP contribution >= 0.6 is 0 Å². The molecule has 2 aromatic rings. The molecule has 5 heteroatoms. The van der Waals surface area contributed by atoms with Crippen molar-refractivity contribution in [3.63, 3.8) is 0 Å². The molecule has 0 aliphatic carbocycles. The Morgan fingerprint density at radius 2 is 2.04 bits per heavy atom. The first-order chi connectivity index (χ1) is 11.7. The third kappa shape index (κ3) is 4.63. The lowest BCUT2D eigenvalue weighted by Gasteiger charge is -2.33. The number of amides is 1. The summed E-state index contributed by atoms with van der Waals surface area (Å²) in [4.78, 5) is 14.2. The van der Waals surface area contributed by atoms with E-state index in [1.807, 2.05) is 36.4 Å². The van der Waals surface area contributed by atoms with E-state index in [1.165, 1.54) is 12.1 Å². The third-order valence-corrected chi connectivity index (χ3v) is 4.08. The molecular weight excluding hydrogens is 307 g/mol. The molecule has 1 aliphatic rings. The summed E-state index contributed by atoms with van der Waals surface area (Å²) in [6, 6.07) is 15.9. The smallest absolute Gasteiger partial charge is 0.225 e. The Labute approximate surface area is 141 Å². The Hall–Kier alpha value is -2.24. The summed E-state index contributed by atoms with van der Waals surface area (Å²) >= 11 is 0. The van der Waals surface area contributed by atoms with E-state index in [-0.39, 0.29) is 17.8 Å². The fraction of sp³-hybridized carbons (Fsp3) is 0.316. The number of carbonyl (C=O) groups is 1. The van der Waals surface area contributed by atoms with Gasteiger partial charge in [-0.25, -0.2) is 4.39 Å². The predicted octanol–water partition coefficient (Wildman–Crippen LogP) is 3.23. The number of anilines is 1. The molecule has 1 unspecified atom stereocenters. The molecule has 1 saturated heterocycles. The Balaban J connectivity index is 1.49. The number of rotatable bonds is 5. The van der Waals surface area contributed by atoms with Crippen molar-refractivity contribution in [3.05, 3.63) is 66.0 Å². The van der Waals surface area contributed by atoms with Crippen LogP contribution in [0.15, 0.2) is 54.6 Å². The molecule has 0 radical (unpaired) electrons. The summed E-state index contributed by atoms with van der Waals surface area (Å²) < 4.78 is 19.1. The summed E-state index contributed by atoms with van der Waals surface area (Å²) in [5.74, 6) is -0.259. The fourth-order valence-corrected chi connectivity index (χ4v) is 2.82. The first kappa shape index (κ1) is 16.6. The minimum absolute atomic E-state index is 0.00463. The molecule has 0 aromatic heterocycles. The first-order valence-corrected chi connectivity index (χ1v) is 8.15. The lowest BCUT2D eigenvalue weighted by molar-refractivity contribution is -0.117. The summed E-state index contributed by atoms with van der Waals surface area (Å²) in [6.45, 7) is 2.70. The van der Waals surface area contributed by atoms with E-state index >= 15 is 0 Å². The van der Waals surface area contributed by atoms with Gasteiger partial charge in [0.1, 0.15) is 5.82 Å². The van der Waals surface area contributed by atoms with Gasteiger partial charge in [-0.05, 0) is 29.8 Å². The number of benzene rings is 2. The van der Waals surface area contributed by atoms with E-state index in [0.717, 1.165) is 17.8 Å². The van der Waals surface area contributed by atoms with Crippen molar-refractivity contribution in [2.45, 2.75) is 12.5 Å². The highest BCUT2D eigenvalue weighted by molar-refractivity contribution is 5.90. The molecule has 4 nitrogen and oxygen atoms in total. The van der Waals surface area contributed by atoms with Gasteiger partial charge in [0.25, 0.3) is 0 Å². The van der Waals surface area contributed by atoms with Crippen molar-refractivity contribution in [1.29, 1.82) is 0 Å². The number of halogens is 1. The molecule has 1 atom stereocenters. The van der Waals surface area contributed by atoms with Gasteiger partial charge in [0.15, 0.2) is 0 Å². The number of para-hydroxylation sites is 1. The van der Waals surface area contributed by atoms with E-state index in [0.29, 0.717) is 26.1 Å². The maximum absolute atomic E-state index is 13.4. The van der Waals surface area contributed by atoms with Gasteiger partial charge in [0, 0.05) is 31.7 Å². The zero-order valence-electron chi connectivity index (χ0n) is 13.5. The molecule has 0 saturated carbocycles. The number of morpholine rings is 1. The monoisotopic (exact) mass is 328 g/mol. The van der Waals surface area contributed by atoms with Crippen LogP contribution in [-0.4, -0.2) is 37.0 Å². The highest BCUT2D eigenvalue weighted by atomic mass is 19.1. The zero-order chi connectivity index (χ0) is 16.8. The molecule has 3 rings (SSSR count). The lowest BCUT2D eigenvalue weighted by atomic mass is 10.1. The number of carbonyl (C=O) groups excluding carboxylic acids is 1. The zero-order valence-corrected chi connectivity index (χ0v) is 13.5. The van der Waals surface area contributed by atoms with E-state index in [2.05, 4.69) is 10.2 Å². The largest absolute Gasteiger partial charge is 0.371 e. The van der Waals surface area contributed by atoms with Crippen LogP contribution in [0.3, 0.4) is 0 Å². The van der Waals surface area contributed by atoms with Crippen LogP contribution in [0.5, 0.6) is 0 Å². The topological polar surface area (TPSA) is 41.6 Å². The van der Waals surface area contributed by atoms with Gasteiger partial charge in [-0.15, -0.1) is 0 Å². The van der Waals surface area contributed by atoms with Gasteiger partial charge in [0.2, 0.25) is 5.91 Å². The molecule has 0 spiro atoms. The van der Waals surface area contributed by atoms with Crippen LogP contribution in [0.1, 0.15) is 18.1 Å². The minimum Gasteiger partial charge on any atom is -0.371 e. The van der Waals surface area contributed by atoms with Crippen molar-refractivity contribution < 1.29 is 13.9 Å². The van der Waals surface area contributed by atoms with Gasteiger partial charge >= 0.3 is 0 Å². The lowest BCUT2D eigenvalue weighted by Crippen LogP contribution is -2.39. The van der Waals surface area contributed by atoms with Crippen LogP contribution < -0.4 is 5.32 Å². The van der Waals surface area contributed by atoms with E-state index in [4.69, 9.17) is 4.74 Å². The number of ether oxygens (including phenoxy) is 1. The number of nitrogens with zero attached hydrogens (tertiary/aromatic N) is 1. The van der Waals surface area contributed by atoms with Gasteiger partial charge in [-0.1, -0.05) is 30.3 Å². The summed E-state index contributed by atoms with van der Waals surface area (Å²) in [6.07, 6.45) is 0.275. The van der Waals surface area contributed by atoms with Crippen molar-refractivity contribution in [2.24, 2.45) is 0 Å². The molecule has 1 fully saturated rings. The Morgan fingerprint density at radius 1 is 1.21 bits per heavy atom. The Morgan fingerprint density at radius 3 is 2.83 bits per heavy atom. The molecular formula is C19H21FN2O2. The molecule has 24 heavy (non-hydrogen) atoms.